The molecule has 0 aliphatic carbocycles. The lowest BCUT2D eigenvalue weighted by Gasteiger charge is -2.03. The molecule has 0 amide bonds. The van der Waals surface area contributed by atoms with Crippen molar-refractivity contribution in [2.75, 3.05) is 0 Å². The number of aromatic nitrogens is 1. The Hall–Kier alpha value is -1.89. The minimum absolute atomic E-state index is 0.335. The molecular weight excluding hydrogens is 198 g/mol. The van der Waals surface area contributed by atoms with Gasteiger partial charge in [0.2, 0.25) is 0 Å². The minimum atomic E-state index is -2.38. The van der Waals surface area contributed by atoms with E-state index in [1.54, 1.807) is 30.5 Å². The standard InChI is InChI=1S/C11H8F2N2/c12-11(13)7-15-4-3-9-2-1-8(6-14)5-10(9)15/h1-5,11H,7H2. The molecule has 0 unspecified atom stereocenters. The zero-order valence-corrected chi connectivity index (χ0v) is 7.82. The largest absolute Gasteiger partial charge is 0.342 e. The van der Waals surface area contributed by atoms with Gasteiger partial charge in [0, 0.05) is 11.7 Å². The first-order valence-corrected chi connectivity index (χ1v) is 4.48. The average molecular weight is 206 g/mol. The summed E-state index contributed by atoms with van der Waals surface area (Å²) < 4.78 is 25.9. The molecule has 2 rings (SSSR count). The van der Waals surface area contributed by atoms with Crippen LogP contribution >= 0.6 is 0 Å². The van der Waals surface area contributed by atoms with Crippen LogP contribution < -0.4 is 0 Å². The molecule has 0 radical (unpaired) electrons. The fourth-order valence-electron chi connectivity index (χ4n) is 1.56. The SMILES string of the molecule is N#Cc1ccc2ccn(CC(F)F)c2c1. The molecule has 2 nitrogen and oxygen atoms in total. The molecule has 0 saturated carbocycles. The molecule has 0 fully saturated rings. The third-order valence-corrected chi connectivity index (χ3v) is 2.24. The van der Waals surface area contributed by atoms with Crippen molar-refractivity contribution in [2.24, 2.45) is 0 Å². The van der Waals surface area contributed by atoms with E-state index in [-0.39, 0.29) is 6.54 Å². The third kappa shape index (κ3) is 1.82. The Kier molecular flexibility index (Phi) is 2.38. The van der Waals surface area contributed by atoms with Crippen LogP contribution in [-0.4, -0.2) is 11.0 Å². The zero-order valence-electron chi connectivity index (χ0n) is 7.82. The summed E-state index contributed by atoms with van der Waals surface area (Å²) in [5.41, 5.74) is 1.16. The Morgan fingerprint density at radius 2 is 2.13 bits per heavy atom. The van der Waals surface area contributed by atoms with Crippen LogP contribution in [-0.2, 0) is 6.54 Å². The molecule has 0 aliphatic heterocycles. The Labute approximate surface area is 85.4 Å². The molecular formula is C11H8F2N2. The van der Waals surface area contributed by atoms with Crippen LogP contribution in [0.1, 0.15) is 5.56 Å². The van der Waals surface area contributed by atoms with Gasteiger partial charge < -0.3 is 4.57 Å². The van der Waals surface area contributed by atoms with Gasteiger partial charge in [0.05, 0.1) is 18.2 Å². The second-order valence-corrected chi connectivity index (χ2v) is 3.24. The highest BCUT2D eigenvalue weighted by Gasteiger charge is 2.07. The van der Waals surface area contributed by atoms with Crippen molar-refractivity contribution >= 4 is 10.9 Å². The van der Waals surface area contributed by atoms with Crippen molar-refractivity contribution in [3.8, 4) is 6.07 Å². The van der Waals surface area contributed by atoms with Gasteiger partial charge in [-0.1, -0.05) is 6.07 Å². The van der Waals surface area contributed by atoms with E-state index in [1.165, 1.54) is 4.57 Å². The quantitative estimate of drug-likeness (QED) is 0.742. The van der Waals surface area contributed by atoms with E-state index in [9.17, 15) is 8.78 Å². The van der Waals surface area contributed by atoms with Crippen LogP contribution in [0.25, 0.3) is 10.9 Å². The number of rotatable bonds is 2. The first-order valence-electron chi connectivity index (χ1n) is 4.48. The summed E-state index contributed by atoms with van der Waals surface area (Å²) in [6.07, 6.45) is -0.774. The van der Waals surface area contributed by atoms with Gasteiger partial charge >= 0.3 is 0 Å². The average Bonchev–Trinajstić information content (AvgIpc) is 2.60. The monoisotopic (exact) mass is 206 g/mol. The Morgan fingerprint density at radius 3 is 2.80 bits per heavy atom. The van der Waals surface area contributed by atoms with Gasteiger partial charge in [-0.25, -0.2) is 8.78 Å². The van der Waals surface area contributed by atoms with Crippen molar-refractivity contribution in [3.63, 3.8) is 0 Å². The normalized spacial score (nSPS) is 10.8. The van der Waals surface area contributed by atoms with Crippen molar-refractivity contribution in [1.82, 2.24) is 4.57 Å². The second kappa shape index (κ2) is 3.70. The fraction of sp³-hybridized carbons (Fsp3) is 0.182. The molecule has 1 heterocycles. The number of benzene rings is 1. The minimum Gasteiger partial charge on any atom is -0.342 e. The van der Waals surface area contributed by atoms with Crippen LogP contribution in [0.4, 0.5) is 8.78 Å². The van der Waals surface area contributed by atoms with Crippen molar-refractivity contribution in [3.05, 3.63) is 36.0 Å². The Morgan fingerprint density at radius 1 is 1.33 bits per heavy atom. The first-order chi connectivity index (χ1) is 7.20. The molecule has 76 valence electrons. The summed E-state index contributed by atoms with van der Waals surface area (Å²) in [7, 11) is 0. The summed E-state index contributed by atoms with van der Waals surface area (Å²) in [6.45, 7) is -0.335. The van der Waals surface area contributed by atoms with Crippen molar-refractivity contribution < 1.29 is 8.78 Å². The predicted molar refractivity (Wildman–Crippen MR) is 52.7 cm³/mol. The number of nitrogens with zero attached hydrogens (tertiary/aromatic N) is 2. The maximum absolute atomic E-state index is 12.2. The molecule has 0 aliphatic rings. The molecule has 1 aromatic heterocycles. The summed E-state index contributed by atoms with van der Waals surface area (Å²) in [6, 6.07) is 8.81. The lowest BCUT2D eigenvalue weighted by atomic mass is 10.2. The fourth-order valence-corrected chi connectivity index (χ4v) is 1.56. The molecule has 1 aromatic carbocycles. The molecule has 0 N–H and O–H groups in total. The van der Waals surface area contributed by atoms with Crippen LogP contribution in [0, 0.1) is 11.3 Å². The van der Waals surface area contributed by atoms with Crippen molar-refractivity contribution in [2.45, 2.75) is 13.0 Å². The smallest absolute Gasteiger partial charge is 0.256 e. The van der Waals surface area contributed by atoms with Gasteiger partial charge in [-0.15, -0.1) is 0 Å². The molecule has 0 atom stereocenters. The van der Waals surface area contributed by atoms with Gasteiger partial charge in [0.1, 0.15) is 0 Å². The van der Waals surface area contributed by atoms with Gasteiger partial charge in [0.15, 0.2) is 0 Å². The molecule has 2 aromatic rings. The topological polar surface area (TPSA) is 28.7 Å². The van der Waals surface area contributed by atoms with E-state index < -0.39 is 6.43 Å². The van der Waals surface area contributed by atoms with Gasteiger partial charge in [0.25, 0.3) is 6.43 Å². The van der Waals surface area contributed by atoms with E-state index in [0.717, 1.165) is 5.39 Å². The lowest BCUT2D eigenvalue weighted by Crippen LogP contribution is -2.04. The number of alkyl halides is 2. The van der Waals surface area contributed by atoms with Crippen LogP contribution in [0.5, 0.6) is 0 Å². The predicted octanol–water partition coefficient (Wildman–Crippen LogP) is 2.78. The van der Waals surface area contributed by atoms with Crippen molar-refractivity contribution in [1.29, 1.82) is 5.26 Å². The maximum atomic E-state index is 12.2. The summed E-state index contributed by atoms with van der Waals surface area (Å²) in [5, 5.41) is 9.57. The highest BCUT2D eigenvalue weighted by molar-refractivity contribution is 5.81. The first kappa shape index (κ1) is 9.66. The number of halogens is 2. The van der Waals surface area contributed by atoms with Gasteiger partial charge in [-0.3, -0.25) is 0 Å². The van der Waals surface area contributed by atoms with E-state index in [4.69, 9.17) is 5.26 Å². The zero-order chi connectivity index (χ0) is 10.8. The molecule has 0 spiro atoms. The van der Waals surface area contributed by atoms with E-state index in [0.29, 0.717) is 11.1 Å². The number of fused-ring (bicyclic) bond motifs is 1. The van der Waals surface area contributed by atoms with Gasteiger partial charge in [-0.05, 0) is 23.6 Å². The maximum Gasteiger partial charge on any atom is 0.256 e. The number of hydrogen-bond donors (Lipinski definition) is 0. The second-order valence-electron chi connectivity index (χ2n) is 3.24. The van der Waals surface area contributed by atoms with E-state index in [1.807, 2.05) is 6.07 Å². The van der Waals surface area contributed by atoms with E-state index in [2.05, 4.69) is 0 Å². The third-order valence-electron chi connectivity index (χ3n) is 2.24. The highest BCUT2D eigenvalue weighted by Crippen LogP contribution is 2.18. The van der Waals surface area contributed by atoms with Crippen LogP contribution in [0.15, 0.2) is 30.5 Å². The molecule has 0 bridgehead atoms. The summed E-state index contributed by atoms with van der Waals surface area (Å²) >= 11 is 0. The van der Waals surface area contributed by atoms with E-state index >= 15 is 0 Å². The number of hydrogen-bond acceptors (Lipinski definition) is 1. The Bertz CT molecular complexity index is 523. The van der Waals surface area contributed by atoms with Crippen LogP contribution in [0.2, 0.25) is 0 Å². The van der Waals surface area contributed by atoms with Crippen LogP contribution in [0.3, 0.4) is 0 Å². The summed E-state index contributed by atoms with van der Waals surface area (Å²) in [5.74, 6) is 0. The molecule has 15 heavy (non-hydrogen) atoms. The lowest BCUT2D eigenvalue weighted by molar-refractivity contribution is 0.128. The number of nitriles is 1. The molecule has 0 saturated heterocycles. The Balaban J connectivity index is 2.52. The molecule has 4 heteroatoms. The summed E-state index contributed by atoms with van der Waals surface area (Å²) in [4.78, 5) is 0. The highest BCUT2D eigenvalue weighted by atomic mass is 19.3. The van der Waals surface area contributed by atoms with Gasteiger partial charge in [-0.2, -0.15) is 5.26 Å².